The lowest BCUT2D eigenvalue weighted by molar-refractivity contribution is -0.161. The quantitative estimate of drug-likeness (QED) is 0.243. The molecule has 1 aliphatic heterocycles. The number of carbonyl (C=O) groups is 3. The summed E-state index contributed by atoms with van der Waals surface area (Å²) >= 11 is 0. The Bertz CT molecular complexity index is 1210. The number of fused-ring (bicyclic) bond motifs is 1. The first-order chi connectivity index (χ1) is 17.4. The van der Waals surface area contributed by atoms with Gasteiger partial charge in [0, 0.05) is 12.1 Å². The van der Waals surface area contributed by atoms with Crippen LogP contribution in [0.4, 0.5) is 0 Å². The molecule has 0 spiro atoms. The van der Waals surface area contributed by atoms with Crippen molar-refractivity contribution in [2.45, 2.75) is 19.4 Å². The number of ketones is 1. The van der Waals surface area contributed by atoms with Gasteiger partial charge in [-0.3, -0.25) is 9.59 Å². The van der Waals surface area contributed by atoms with E-state index in [0.29, 0.717) is 28.8 Å². The summed E-state index contributed by atoms with van der Waals surface area (Å²) in [6, 6.07) is 18.1. The van der Waals surface area contributed by atoms with Gasteiger partial charge in [0.25, 0.3) is 0 Å². The lowest BCUT2D eigenvalue weighted by Crippen LogP contribution is -2.51. The zero-order chi connectivity index (χ0) is 25.9. The van der Waals surface area contributed by atoms with Crippen LogP contribution >= 0.6 is 0 Å². The number of carbonyl (C=O) groups excluding carboxylic acids is 3. The highest BCUT2D eigenvalue weighted by Crippen LogP contribution is 2.66. The molecule has 1 fully saturated rings. The molecule has 36 heavy (non-hydrogen) atoms. The van der Waals surface area contributed by atoms with Crippen LogP contribution in [0.1, 0.15) is 25.0 Å². The summed E-state index contributed by atoms with van der Waals surface area (Å²) in [5.74, 6) is -2.27. The molecule has 1 aliphatic carbocycles. The molecular weight excluding hydrogens is 458 g/mol. The highest BCUT2D eigenvalue weighted by Gasteiger charge is 2.76. The first-order valence-electron chi connectivity index (χ1n) is 12.1. The maximum absolute atomic E-state index is 14.5. The standard InChI is InChI=1S/C29H31NO6/c1-5-30(6-2)18-17-22-19-36-29(21-15-11-8-12-16-21)24(20-13-9-7-10-14-20)23(26(32)34-3)25(31)28(22,29)27(33)35-4/h7-17H,5-6,18-19H2,1-4H3/b22-17-/t28-,29+/m0/s1. The van der Waals surface area contributed by atoms with Gasteiger partial charge in [0.05, 0.1) is 20.8 Å². The number of rotatable bonds is 8. The van der Waals surface area contributed by atoms with Gasteiger partial charge in [-0.1, -0.05) is 80.6 Å². The molecule has 0 radical (unpaired) electrons. The van der Waals surface area contributed by atoms with Crippen molar-refractivity contribution in [3.63, 3.8) is 0 Å². The highest BCUT2D eigenvalue weighted by molar-refractivity contribution is 6.35. The molecule has 0 amide bonds. The normalized spacial score (nSPS) is 24.4. The van der Waals surface area contributed by atoms with Crippen LogP contribution in [-0.2, 0) is 34.2 Å². The Hall–Kier alpha value is -3.55. The van der Waals surface area contributed by atoms with Crippen LogP contribution in [0.5, 0.6) is 0 Å². The lowest BCUT2D eigenvalue weighted by Gasteiger charge is -2.39. The third kappa shape index (κ3) is 3.53. The van der Waals surface area contributed by atoms with Crippen LogP contribution in [-0.4, -0.2) is 63.1 Å². The number of ether oxygens (including phenoxy) is 3. The van der Waals surface area contributed by atoms with Crippen molar-refractivity contribution in [3.05, 3.63) is 89.0 Å². The SMILES string of the molecule is CCN(CC)C/C=C1/CO[C@]2(c3ccccc3)C(c3ccccc3)=C(C(=O)OC)C(=O)[C@]12C(=O)OC. The maximum atomic E-state index is 14.5. The van der Waals surface area contributed by atoms with E-state index >= 15 is 0 Å². The minimum atomic E-state index is -1.91. The van der Waals surface area contributed by atoms with Crippen molar-refractivity contribution in [1.82, 2.24) is 4.90 Å². The van der Waals surface area contributed by atoms with Gasteiger partial charge in [-0.2, -0.15) is 0 Å². The summed E-state index contributed by atoms with van der Waals surface area (Å²) < 4.78 is 17.0. The van der Waals surface area contributed by atoms with Gasteiger partial charge in [0.2, 0.25) is 0 Å². The zero-order valence-corrected chi connectivity index (χ0v) is 21.1. The molecule has 0 bridgehead atoms. The van der Waals surface area contributed by atoms with Crippen molar-refractivity contribution < 1.29 is 28.6 Å². The predicted octanol–water partition coefficient (Wildman–Crippen LogP) is 3.55. The van der Waals surface area contributed by atoms with Gasteiger partial charge in [-0.25, -0.2) is 4.79 Å². The molecule has 0 saturated carbocycles. The molecule has 0 N–H and O–H groups in total. The third-order valence-electron chi connectivity index (χ3n) is 7.24. The van der Waals surface area contributed by atoms with Gasteiger partial charge in [-0.15, -0.1) is 0 Å². The van der Waals surface area contributed by atoms with E-state index in [1.54, 1.807) is 12.1 Å². The van der Waals surface area contributed by atoms with Gasteiger partial charge in [-0.05, 0) is 29.8 Å². The van der Waals surface area contributed by atoms with E-state index in [0.717, 1.165) is 13.1 Å². The summed E-state index contributed by atoms with van der Waals surface area (Å²) in [5, 5.41) is 0. The number of hydrogen-bond donors (Lipinski definition) is 0. The van der Waals surface area contributed by atoms with Gasteiger partial charge in [0.15, 0.2) is 11.2 Å². The number of esters is 2. The monoisotopic (exact) mass is 489 g/mol. The summed E-state index contributed by atoms with van der Waals surface area (Å²) in [6.45, 7) is 6.22. The summed E-state index contributed by atoms with van der Waals surface area (Å²) in [5.41, 5.74) is -1.78. The van der Waals surface area contributed by atoms with Crippen LogP contribution in [0.15, 0.2) is 77.9 Å². The maximum Gasteiger partial charge on any atom is 0.341 e. The number of methoxy groups -OCH3 is 2. The van der Waals surface area contributed by atoms with Gasteiger partial charge in [0.1, 0.15) is 11.2 Å². The molecule has 2 atom stereocenters. The van der Waals surface area contributed by atoms with Gasteiger partial charge < -0.3 is 19.1 Å². The van der Waals surface area contributed by atoms with Crippen LogP contribution < -0.4 is 0 Å². The molecule has 4 rings (SSSR count). The smallest absolute Gasteiger partial charge is 0.341 e. The first kappa shape index (κ1) is 25.5. The number of nitrogens with zero attached hydrogens (tertiary/aromatic N) is 1. The Balaban J connectivity index is 2.12. The Kier molecular flexibility index (Phi) is 7.24. The molecule has 1 saturated heterocycles. The van der Waals surface area contributed by atoms with E-state index in [1.807, 2.05) is 68.5 Å². The molecule has 0 unspecified atom stereocenters. The molecule has 2 aromatic rings. The van der Waals surface area contributed by atoms with E-state index in [-0.39, 0.29) is 12.2 Å². The van der Waals surface area contributed by atoms with Crippen molar-refractivity contribution in [2.24, 2.45) is 5.41 Å². The zero-order valence-electron chi connectivity index (χ0n) is 21.1. The van der Waals surface area contributed by atoms with Crippen LogP contribution in [0, 0.1) is 5.41 Å². The van der Waals surface area contributed by atoms with E-state index < -0.39 is 28.7 Å². The van der Waals surface area contributed by atoms with E-state index in [1.165, 1.54) is 14.2 Å². The number of hydrogen-bond acceptors (Lipinski definition) is 7. The van der Waals surface area contributed by atoms with Crippen LogP contribution in [0.2, 0.25) is 0 Å². The summed E-state index contributed by atoms with van der Waals surface area (Å²) in [7, 11) is 2.47. The molecule has 1 heterocycles. The Morgan fingerprint density at radius 2 is 1.58 bits per heavy atom. The highest BCUT2D eigenvalue weighted by atomic mass is 16.5. The summed E-state index contributed by atoms with van der Waals surface area (Å²) in [4.78, 5) is 43.7. The molecule has 0 aromatic heterocycles. The molecule has 188 valence electrons. The fourth-order valence-electron chi connectivity index (χ4n) is 5.49. The number of likely N-dealkylation sites (N-methyl/N-ethyl adjacent to an activating group) is 1. The minimum Gasteiger partial charge on any atom is -0.468 e. The second-order valence-corrected chi connectivity index (χ2v) is 8.73. The predicted molar refractivity (Wildman–Crippen MR) is 135 cm³/mol. The Labute approximate surface area is 211 Å². The number of Topliss-reactive ketones (excluding diaryl/α,β-unsaturated/α-hetero) is 1. The van der Waals surface area contributed by atoms with Crippen molar-refractivity contribution in [2.75, 3.05) is 40.5 Å². The average Bonchev–Trinajstić information content (AvgIpc) is 3.39. The van der Waals surface area contributed by atoms with Crippen molar-refractivity contribution >= 4 is 23.3 Å². The molecule has 7 nitrogen and oxygen atoms in total. The van der Waals surface area contributed by atoms with E-state index in [2.05, 4.69) is 4.90 Å². The second kappa shape index (κ2) is 10.2. The fraction of sp³-hybridized carbons (Fsp3) is 0.345. The van der Waals surface area contributed by atoms with Crippen molar-refractivity contribution in [3.8, 4) is 0 Å². The first-order valence-corrected chi connectivity index (χ1v) is 12.1. The molecule has 2 aliphatic rings. The molecule has 7 heteroatoms. The van der Waals surface area contributed by atoms with Gasteiger partial charge >= 0.3 is 11.9 Å². The molecule has 2 aromatic carbocycles. The van der Waals surface area contributed by atoms with Crippen LogP contribution in [0.3, 0.4) is 0 Å². The number of benzene rings is 2. The largest absolute Gasteiger partial charge is 0.468 e. The fourth-order valence-corrected chi connectivity index (χ4v) is 5.49. The Morgan fingerprint density at radius 1 is 0.972 bits per heavy atom. The van der Waals surface area contributed by atoms with E-state index in [9.17, 15) is 14.4 Å². The van der Waals surface area contributed by atoms with Crippen molar-refractivity contribution in [1.29, 1.82) is 0 Å². The average molecular weight is 490 g/mol. The third-order valence-corrected chi connectivity index (χ3v) is 7.24. The van der Waals surface area contributed by atoms with Crippen LogP contribution in [0.25, 0.3) is 5.57 Å². The van der Waals surface area contributed by atoms with E-state index in [4.69, 9.17) is 14.2 Å². The summed E-state index contributed by atoms with van der Waals surface area (Å²) in [6.07, 6.45) is 1.87. The topological polar surface area (TPSA) is 82.1 Å². The Morgan fingerprint density at radius 3 is 2.14 bits per heavy atom. The lowest BCUT2D eigenvalue weighted by atomic mass is 9.64. The minimum absolute atomic E-state index is 0.0296. The second-order valence-electron chi connectivity index (χ2n) is 8.73. The molecular formula is C29H31NO6.